The van der Waals surface area contributed by atoms with Crippen LogP contribution in [0.15, 0.2) is 18.2 Å². The lowest BCUT2D eigenvalue weighted by Gasteiger charge is -2.21. The van der Waals surface area contributed by atoms with Gasteiger partial charge < -0.3 is 15.7 Å². The van der Waals surface area contributed by atoms with E-state index in [1.54, 1.807) is 6.07 Å². The quantitative estimate of drug-likeness (QED) is 0.811. The second kappa shape index (κ2) is 4.71. The van der Waals surface area contributed by atoms with Crippen LogP contribution in [0.3, 0.4) is 0 Å². The maximum Gasteiger partial charge on any atom is 0.222 e. The number of rotatable bonds is 3. The molecule has 0 bridgehead atoms. The Balaban J connectivity index is 2.21. The molecule has 1 aromatic carbocycles. The van der Waals surface area contributed by atoms with Crippen molar-refractivity contribution < 1.29 is 14.3 Å². The van der Waals surface area contributed by atoms with E-state index in [0.717, 1.165) is 5.69 Å². The number of hydrogen-bond acceptors (Lipinski definition) is 3. The van der Waals surface area contributed by atoms with E-state index >= 15 is 0 Å². The molecule has 3 N–H and O–H groups in total. The first kappa shape index (κ1) is 11.9. The normalized spacial score (nSPS) is 19.6. The number of anilines is 1. The minimum atomic E-state index is -0.372. The van der Waals surface area contributed by atoms with Crippen LogP contribution in [0.5, 0.6) is 0 Å². The van der Waals surface area contributed by atoms with Crippen LogP contribution in [-0.4, -0.2) is 24.1 Å². The highest BCUT2D eigenvalue weighted by Crippen LogP contribution is 2.27. The lowest BCUT2D eigenvalue weighted by molar-refractivity contribution is -0.121. The van der Waals surface area contributed by atoms with E-state index in [4.69, 9.17) is 5.73 Å². The number of benzene rings is 1. The summed E-state index contributed by atoms with van der Waals surface area (Å²) in [6.45, 7) is 1.02. The summed E-state index contributed by atoms with van der Waals surface area (Å²) in [4.78, 5) is 13.0. The molecule has 0 spiro atoms. The number of nitrogens with two attached hydrogens (primary N) is 1. The molecule has 1 fully saturated rings. The van der Waals surface area contributed by atoms with Crippen molar-refractivity contribution in [3.8, 4) is 0 Å². The Labute approximate surface area is 98.8 Å². The maximum absolute atomic E-state index is 13.0. The molecule has 1 unspecified atom stereocenters. The van der Waals surface area contributed by atoms with Crippen molar-refractivity contribution in [3.05, 3.63) is 29.6 Å². The molecule has 0 radical (unpaired) electrons. The highest BCUT2D eigenvalue weighted by Gasteiger charge is 2.27. The van der Waals surface area contributed by atoms with Gasteiger partial charge in [-0.15, -0.1) is 0 Å². The van der Waals surface area contributed by atoms with E-state index in [0.29, 0.717) is 25.1 Å². The number of amides is 1. The van der Waals surface area contributed by atoms with Crippen molar-refractivity contribution in [1.82, 2.24) is 0 Å². The Morgan fingerprint density at radius 2 is 2.35 bits per heavy atom. The zero-order valence-electron chi connectivity index (χ0n) is 9.40. The predicted octanol–water partition coefficient (Wildman–Crippen LogP) is 0.630. The minimum absolute atomic E-state index is 0.161. The van der Waals surface area contributed by atoms with E-state index in [1.165, 1.54) is 12.1 Å². The van der Waals surface area contributed by atoms with Gasteiger partial charge in [-0.3, -0.25) is 4.79 Å². The molecule has 2 rings (SSSR count). The number of aliphatic hydroxyl groups is 1. The molecule has 1 amide bonds. The molecule has 92 valence electrons. The fourth-order valence-corrected chi connectivity index (χ4v) is 2.20. The lowest BCUT2D eigenvalue weighted by atomic mass is 10.1. The summed E-state index contributed by atoms with van der Waals surface area (Å²) >= 11 is 0. The van der Waals surface area contributed by atoms with E-state index < -0.39 is 0 Å². The van der Waals surface area contributed by atoms with Gasteiger partial charge in [0.05, 0.1) is 12.5 Å². The fraction of sp³-hybridized carbons (Fsp3) is 0.417. The zero-order chi connectivity index (χ0) is 12.4. The number of hydrogen-bond donors (Lipinski definition) is 2. The van der Waals surface area contributed by atoms with Crippen LogP contribution in [0.2, 0.25) is 0 Å². The van der Waals surface area contributed by atoms with Crippen molar-refractivity contribution in [3.63, 3.8) is 0 Å². The summed E-state index contributed by atoms with van der Waals surface area (Å²) < 4.78 is 13.0. The first-order valence-corrected chi connectivity index (χ1v) is 5.55. The molecule has 0 saturated carbocycles. The van der Waals surface area contributed by atoms with Gasteiger partial charge in [-0.2, -0.15) is 0 Å². The molecule has 1 saturated heterocycles. The topological polar surface area (TPSA) is 66.6 Å². The molecule has 0 aromatic heterocycles. The molecule has 4 nitrogen and oxygen atoms in total. The molecule has 1 aliphatic heterocycles. The number of carbonyl (C=O) groups is 1. The van der Waals surface area contributed by atoms with Crippen molar-refractivity contribution in [2.45, 2.75) is 13.0 Å². The Hall–Kier alpha value is -1.62. The smallest absolute Gasteiger partial charge is 0.222 e. The van der Waals surface area contributed by atoms with Crippen LogP contribution in [0.4, 0.5) is 10.1 Å². The maximum atomic E-state index is 13.0. The third-order valence-corrected chi connectivity index (χ3v) is 3.14. The number of halogens is 1. The van der Waals surface area contributed by atoms with Gasteiger partial charge in [0.15, 0.2) is 0 Å². The molecular formula is C12H15FN2O2. The summed E-state index contributed by atoms with van der Waals surface area (Å²) in [5, 5.41) is 9.19. The standard InChI is InChI=1S/C12H15FN2O2/c13-10-1-2-11(9(5-10)7-16)15-4-3-8(6-15)12(14)17/h1-2,5,8,16H,3-4,6-7H2,(H2,14,17). The second-order valence-electron chi connectivity index (χ2n) is 4.27. The number of nitrogens with zero attached hydrogens (tertiary/aromatic N) is 1. The average molecular weight is 238 g/mol. The van der Waals surface area contributed by atoms with Gasteiger partial charge in [-0.05, 0) is 24.6 Å². The SMILES string of the molecule is NC(=O)C1CCN(c2ccc(F)cc2CO)C1. The Morgan fingerprint density at radius 1 is 1.59 bits per heavy atom. The predicted molar refractivity (Wildman–Crippen MR) is 61.8 cm³/mol. The number of aliphatic hydroxyl groups excluding tert-OH is 1. The van der Waals surface area contributed by atoms with E-state index in [9.17, 15) is 14.3 Å². The summed E-state index contributed by atoms with van der Waals surface area (Å²) in [5.74, 6) is -0.838. The molecule has 1 atom stereocenters. The van der Waals surface area contributed by atoms with Crippen LogP contribution in [0, 0.1) is 11.7 Å². The fourth-order valence-electron chi connectivity index (χ4n) is 2.20. The summed E-state index contributed by atoms with van der Waals surface area (Å²) in [7, 11) is 0. The zero-order valence-corrected chi connectivity index (χ0v) is 9.40. The second-order valence-corrected chi connectivity index (χ2v) is 4.27. The van der Waals surface area contributed by atoms with Crippen LogP contribution in [0.25, 0.3) is 0 Å². The molecule has 1 aliphatic rings. The highest BCUT2D eigenvalue weighted by molar-refractivity contribution is 5.78. The average Bonchev–Trinajstić information content (AvgIpc) is 2.78. The van der Waals surface area contributed by atoms with Crippen molar-refractivity contribution in [1.29, 1.82) is 0 Å². The van der Waals surface area contributed by atoms with Gasteiger partial charge in [-0.1, -0.05) is 0 Å². The van der Waals surface area contributed by atoms with Crippen LogP contribution in [0.1, 0.15) is 12.0 Å². The van der Waals surface area contributed by atoms with Crippen molar-refractivity contribution in [2.24, 2.45) is 11.7 Å². The number of carbonyl (C=O) groups excluding carboxylic acids is 1. The van der Waals surface area contributed by atoms with Crippen LogP contribution in [-0.2, 0) is 11.4 Å². The first-order chi connectivity index (χ1) is 8.11. The minimum Gasteiger partial charge on any atom is -0.392 e. The largest absolute Gasteiger partial charge is 0.392 e. The summed E-state index contributed by atoms with van der Waals surface area (Å²) in [6.07, 6.45) is 0.706. The van der Waals surface area contributed by atoms with E-state index in [2.05, 4.69) is 0 Å². The van der Waals surface area contributed by atoms with Gasteiger partial charge in [-0.25, -0.2) is 4.39 Å². The summed E-state index contributed by atoms with van der Waals surface area (Å²) in [6, 6.07) is 4.29. The number of primary amides is 1. The van der Waals surface area contributed by atoms with Crippen LogP contribution < -0.4 is 10.6 Å². The van der Waals surface area contributed by atoms with Crippen molar-refractivity contribution in [2.75, 3.05) is 18.0 Å². The molecule has 5 heteroatoms. The van der Waals surface area contributed by atoms with Crippen molar-refractivity contribution >= 4 is 11.6 Å². The highest BCUT2D eigenvalue weighted by atomic mass is 19.1. The Kier molecular flexibility index (Phi) is 3.28. The Morgan fingerprint density at radius 3 is 2.94 bits per heavy atom. The Bertz CT molecular complexity index is 437. The van der Waals surface area contributed by atoms with Gasteiger partial charge >= 0.3 is 0 Å². The van der Waals surface area contributed by atoms with Gasteiger partial charge in [0.2, 0.25) is 5.91 Å². The third kappa shape index (κ3) is 2.39. The third-order valence-electron chi connectivity index (χ3n) is 3.14. The summed E-state index contributed by atoms with van der Waals surface area (Å²) in [5.41, 5.74) is 6.57. The molecule has 17 heavy (non-hydrogen) atoms. The van der Waals surface area contributed by atoms with Crippen LogP contribution >= 0.6 is 0 Å². The van der Waals surface area contributed by atoms with Gasteiger partial charge in [0, 0.05) is 24.3 Å². The monoisotopic (exact) mass is 238 g/mol. The van der Waals surface area contributed by atoms with E-state index in [1.807, 2.05) is 4.90 Å². The van der Waals surface area contributed by atoms with Gasteiger partial charge in [0.1, 0.15) is 5.82 Å². The molecular weight excluding hydrogens is 223 g/mol. The molecule has 1 aromatic rings. The van der Waals surface area contributed by atoms with Gasteiger partial charge in [0.25, 0.3) is 0 Å². The lowest BCUT2D eigenvalue weighted by Crippen LogP contribution is -2.27. The first-order valence-electron chi connectivity index (χ1n) is 5.55. The van der Waals surface area contributed by atoms with E-state index in [-0.39, 0.29) is 24.2 Å². The molecule has 1 heterocycles. The molecule has 0 aliphatic carbocycles.